The van der Waals surface area contributed by atoms with Gasteiger partial charge in [0.05, 0.1) is 18.4 Å². The summed E-state index contributed by atoms with van der Waals surface area (Å²) < 4.78 is 12.1. The number of benzene rings is 3. The van der Waals surface area contributed by atoms with Gasteiger partial charge in [0.25, 0.3) is 0 Å². The van der Waals surface area contributed by atoms with Crippen molar-refractivity contribution in [3.8, 4) is 11.5 Å². The van der Waals surface area contributed by atoms with E-state index in [1.165, 1.54) is 11.1 Å². The van der Waals surface area contributed by atoms with Crippen LogP contribution in [0.1, 0.15) is 48.7 Å². The Hall–Kier alpha value is -3.27. The molecule has 4 nitrogen and oxygen atoms in total. The fraction of sp³-hybridized carbons (Fsp3) is 0.240. The molecule has 3 aromatic rings. The van der Waals surface area contributed by atoms with E-state index in [1.807, 2.05) is 24.3 Å². The summed E-state index contributed by atoms with van der Waals surface area (Å²) in [6.07, 6.45) is 1.62. The molecule has 4 heteroatoms. The highest BCUT2D eigenvalue weighted by molar-refractivity contribution is 6.01. The van der Waals surface area contributed by atoms with Crippen molar-refractivity contribution in [2.24, 2.45) is 5.10 Å². The quantitative estimate of drug-likeness (QED) is 0.564. The first kappa shape index (κ1) is 17.8. The van der Waals surface area contributed by atoms with E-state index in [0.29, 0.717) is 0 Å². The maximum atomic E-state index is 6.42. The highest BCUT2D eigenvalue weighted by atomic mass is 16.5. The molecule has 0 N–H and O–H groups in total. The van der Waals surface area contributed by atoms with Crippen molar-refractivity contribution in [1.29, 1.82) is 0 Å². The van der Waals surface area contributed by atoms with Gasteiger partial charge in [0.1, 0.15) is 11.5 Å². The Morgan fingerprint density at radius 2 is 1.72 bits per heavy atom. The zero-order valence-corrected chi connectivity index (χ0v) is 16.5. The molecule has 0 saturated heterocycles. The molecule has 0 amide bonds. The zero-order valence-electron chi connectivity index (χ0n) is 16.5. The van der Waals surface area contributed by atoms with Crippen LogP contribution in [0, 0.1) is 0 Å². The van der Waals surface area contributed by atoms with Gasteiger partial charge in [-0.05, 0) is 42.3 Å². The van der Waals surface area contributed by atoms with Gasteiger partial charge < -0.3 is 9.47 Å². The van der Waals surface area contributed by atoms with Gasteiger partial charge in [0.15, 0.2) is 0 Å². The third kappa shape index (κ3) is 3.35. The minimum absolute atomic E-state index is 0.177. The summed E-state index contributed by atoms with van der Waals surface area (Å²) in [5.41, 5.74) is 4.54. The van der Waals surface area contributed by atoms with E-state index < -0.39 is 0 Å². The van der Waals surface area contributed by atoms with Gasteiger partial charge in [-0.1, -0.05) is 55.5 Å². The van der Waals surface area contributed by atoms with E-state index >= 15 is 0 Å². The number of rotatable bonds is 5. The molecule has 2 atom stereocenters. The number of ether oxygens (including phenoxy) is 2. The molecule has 0 radical (unpaired) electrons. The molecule has 0 aromatic heterocycles. The van der Waals surface area contributed by atoms with Crippen LogP contribution in [-0.4, -0.2) is 17.3 Å². The molecule has 0 unspecified atom stereocenters. The number of nitrogens with zero attached hydrogens (tertiary/aromatic N) is 2. The van der Waals surface area contributed by atoms with Crippen LogP contribution in [-0.2, 0) is 0 Å². The summed E-state index contributed by atoms with van der Waals surface area (Å²) in [4.78, 5) is 0. The molecule has 5 rings (SSSR count). The summed E-state index contributed by atoms with van der Waals surface area (Å²) in [5.74, 6) is 1.83. The second-order valence-corrected chi connectivity index (χ2v) is 7.44. The fourth-order valence-electron chi connectivity index (χ4n) is 4.01. The first-order valence-corrected chi connectivity index (χ1v) is 10.2. The van der Waals surface area contributed by atoms with Crippen LogP contribution in [0.15, 0.2) is 84.0 Å². The second kappa shape index (κ2) is 7.63. The Balaban J connectivity index is 1.50. The molecule has 2 aliphatic rings. The van der Waals surface area contributed by atoms with Crippen molar-refractivity contribution in [3.05, 3.63) is 95.6 Å². The average Bonchev–Trinajstić information content (AvgIpc) is 3.24. The SMILES string of the molecule is CCCOc1ccc([C@@H]2Oc3ccccc3[C@@H]3CC(c4ccccc4)=NN32)cc1. The monoisotopic (exact) mass is 384 g/mol. The molecule has 29 heavy (non-hydrogen) atoms. The van der Waals surface area contributed by atoms with Gasteiger partial charge in [-0.15, -0.1) is 0 Å². The fourth-order valence-corrected chi connectivity index (χ4v) is 4.01. The van der Waals surface area contributed by atoms with E-state index in [4.69, 9.17) is 14.6 Å². The number of fused-ring (bicyclic) bond motifs is 3. The molecule has 2 aliphatic heterocycles. The topological polar surface area (TPSA) is 34.1 Å². The highest BCUT2D eigenvalue weighted by Crippen LogP contribution is 2.47. The van der Waals surface area contributed by atoms with E-state index in [2.05, 4.69) is 66.5 Å². The van der Waals surface area contributed by atoms with Crippen LogP contribution in [0.25, 0.3) is 0 Å². The zero-order chi connectivity index (χ0) is 19.6. The van der Waals surface area contributed by atoms with Crippen LogP contribution in [0.2, 0.25) is 0 Å². The van der Waals surface area contributed by atoms with E-state index in [0.717, 1.165) is 42.2 Å². The number of para-hydroxylation sites is 1. The lowest BCUT2D eigenvalue weighted by Crippen LogP contribution is -2.33. The van der Waals surface area contributed by atoms with Crippen LogP contribution in [0.4, 0.5) is 0 Å². The smallest absolute Gasteiger partial charge is 0.213 e. The molecular formula is C25H24N2O2. The van der Waals surface area contributed by atoms with Gasteiger partial charge in [0, 0.05) is 17.5 Å². The number of hydrogen-bond acceptors (Lipinski definition) is 4. The minimum Gasteiger partial charge on any atom is -0.494 e. The molecule has 3 aromatic carbocycles. The highest BCUT2D eigenvalue weighted by Gasteiger charge is 2.40. The van der Waals surface area contributed by atoms with Crippen molar-refractivity contribution in [3.63, 3.8) is 0 Å². The summed E-state index contributed by atoms with van der Waals surface area (Å²) in [5, 5.41) is 7.12. The Bertz CT molecular complexity index is 1010. The lowest BCUT2D eigenvalue weighted by Gasteiger charge is -2.38. The maximum absolute atomic E-state index is 6.42. The predicted molar refractivity (Wildman–Crippen MR) is 114 cm³/mol. The van der Waals surface area contributed by atoms with E-state index in [-0.39, 0.29) is 12.3 Å². The number of hydrogen-bond donors (Lipinski definition) is 0. The second-order valence-electron chi connectivity index (χ2n) is 7.44. The van der Waals surface area contributed by atoms with Crippen molar-refractivity contribution in [2.75, 3.05) is 6.61 Å². The Labute approximate surface area is 171 Å². The third-order valence-electron chi connectivity index (χ3n) is 5.44. The largest absolute Gasteiger partial charge is 0.494 e. The van der Waals surface area contributed by atoms with Crippen molar-refractivity contribution in [2.45, 2.75) is 32.0 Å². The molecule has 0 bridgehead atoms. The van der Waals surface area contributed by atoms with Crippen molar-refractivity contribution >= 4 is 5.71 Å². The molecular weight excluding hydrogens is 360 g/mol. The van der Waals surface area contributed by atoms with E-state index in [1.54, 1.807) is 0 Å². The lowest BCUT2D eigenvalue weighted by molar-refractivity contribution is -0.0190. The maximum Gasteiger partial charge on any atom is 0.213 e. The minimum atomic E-state index is -0.253. The molecule has 0 saturated carbocycles. The molecule has 0 fully saturated rings. The lowest BCUT2D eigenvalue weighted by atomic mass is 9.96. The molecule has 2 heterocycles. The standard InChI is InChI=1S/C25H24N2O2/c1-2-16-28-20-14-12-19(13-15-20)25-27-23(21-10-6-7-11-24(21)29-25)17-22(26-27)18-8-4-3-5-9-18/h3-15,23,25H,2,16-17H2,1H3/t23-,25-/m0/s1. The molecule has 146 valence electrons. The Kier molecular flexibility index (Phi) is 4.68. The summed E-state index contributed by atoms with van der Waals surface area (Å²) in [7, 11) is 0. The van der Waals surface area contributed by atoms with Crippen molar-refractivity contribution < 1.29 is 9.47 Å². The van der Waals surface area contributed by atoms with E-state index in [9.17, 15) is 0 Å². The van der Waals surface area contributed by atoms with Crippen molar-refractivity contribution in [1.82, 2.24) is 5.01 Å². The van der Waals surface area contributed by atoms with Crippen LogP contribution in [0.5, 0.6) is 11.5 Å². The summed E-state index contributed by atoms with van der Waals surface area (Å²) in [6.45, 7) is 2.84. The first-order chi connectivity index (χ1) is 14.3. The van der Waals surface area contributed by atoms with Gasteiger partial charge in [-0.3, -0.25) is 0 Å². The van der Waals surface area contributed by atoms with Crippen LogP contribution in [0.3, 0.4) is 0 Å². The normalized spacial score (nSPS) is 19.8. The average molecular weight is 384 g/mol. The van der Waals surface area contributed by atoms with Crippen LogP contribution >= 0.6 is 0 Å². The van der Waals surface area contributed by atoms with Gasteiger partial charge in [-0.2, -0.15) is 5.10 Å². The predicted octanol–water partition coefficient (Wildman–Crippen LogP) is 5.72. The number of hydrazone groups is 1. The van der Waals surface area contributed by atoms with Gasteiger partial charge in [-0.25, -0.2) is 5.01 Å². The van der Waals surface area contributed by atoms with Gasteiger partial charge in [0.2, 0.25) is 6.23 Å². The molecule has 0 spiro atoms. The Morgan fingerprint density at radius 3 is 2.52 bits per heavy atom. The van der Waals surface area contributed by atoms with Crippen LogP contribution < -0.4 is 9.47 Å². The molecule has 0 aliphatic carbocycles. The summed E-state index contributed by atoms with van der Waals surface area (Å²) in [6, 6.07) is 27.1. The van der Waals surface area contributed by atoms with Gasteiger partial charge >= 0.3 is 0 Å². The third-order valence-corrected chi connectivity index (χ3v) is 5.44. The Morgan fingerprint density at radius 1 is 0.966 bits per heavy atom. The summed E-state index contributed by atoms with van der Waals surface area (Å²) >= 11 is 0. The first-order valence-electron chi connectivity index (χ1n) is 10.2.